The predicted molar refractivity (Wildman–Crippen MR) is 153 cm³/mol. The number of aromatic nitrogens is 9. The van der Waals surface area contributed by atoms with E-state index in [4.69, 9.17) is 15.0 Å². The van der Waals surface area contributed by atoms with Crippen LogP contribution in [-0.2, 0) is 0 Å². The van der Waals surface area contributed by atoms with Crippen molar-refractivity contribution >= 4 is 43.6 Å². The summed E-state index contributed by atoms with van der Waals surface area (Å²) in [4.78, 5) is 23.2. The second kappa shape index (κ2) is 8.88. The van der Waals surface area contributed by atoms with Crippen molar-refractivity contribution in [3.05, 3.63) is 104 Å². The number of benzene rings is 5. The maximum atomic E-state index is 4.91. The lowest BCUT2D eigenvalue weighted by Crippen LogP contribution is -2.01. The number of rotatable bonds is 3. The van der Waals surface area contributed by atoms with Crippen LogP contribution in [0.25, 0.3) is 77.8 Å². The Kier molecular flexibility index (Phi) is 4.92. The van der Waals surface area contributed by atoms with E-state index in [9.17, 15) is 0 Å². The lowest BCUT2D eigenvalue weighted by molar-refractivity contribution is 1.02. The summed E-state index contributed by atoms with van der Waals surface area (Å²) in [5.74, 6) is 1.59. The molecule has 0 saturated carbocycles. The standard InChI is InChI=1S/C31H17N9/c1-2-4-19-12-24-13-21(6-5-20(24)11-18(19)3-1)29-36-30(22-7-9-25-27(14-22)39-34-16-32-25)38-31(37-29)23-8-10-26-28(15-23)40-35-17-33-26/h1-17H. The molecule has 0 fully saturated rings. The molecule has 0 bridgehead atoms. The van der Waals surface area contributed by atoms with Crippen molar-refractivity contribution in [3.8, 4) is 34.2 Å². The molecule has 0 saturated heterocycles. The van der Waals surface area contributed by atoms with Gasteiger partial charge in [0.2, 0.25) is 0 Å². The van der Waals surface area contributed by atoms with Crippen molar-refractivity contribution in [1.29, 1.82) is 0 Å². The van der Waals surface area contributed by atoms with Crippen molar-refractivity contribution in [2.45, 2.75) is 0 Å². The van der Waals surface area contributed by atoms with Gasteiger partial charge in [0.1, 0.15) is 23.7 Å². The normalized spacial score (nSPS) is 11.5. The van der Waals surface area contributed by atoms with Crippen LogP contribution < -0.4 is 0 Å². The summed E-state index contributed by atoms with van der Waals surface area (Å²) >= 11 is 0. The third-order valence-corrected chi connectivity index (χ3v) is 6.89. The summed E-state index contributed by atoms with van der Waals surface area (Å²) in [6.45, 7) is 0. The van der Waals surface area contributed by atoms with Crippen LogP contribution in [0.4, 0.5) is 0 Å². The van der Waals surface area contributed by atoms with Gasteiger partial charge in [-0.25, -0.2) is 24.9 Å². The molecule has 0 spiro atoms. The predicted octanol–water partition coefficient (Wildman–Crippen LogP) is 5.86. The first-order chi connectivity index (χ1) is 19.8. The third-order valence-electron chi connectivity index (χ3n) is 6.89. The van der Waals surface area contributed by atoms with E-state index in [0.717, 1.165) is 38.5 Å². The molecule has 5 aromatic carbocycles. The molecular formula is C31H17N9. The quantitative estimate of drug-likeness (QED) is 0.267. The van der Waals surface area contributed by atoms with Crippen molar-refractivity contribution in [2.24, 2.45) is 0 Å². The minimum absolute atomic E-state index is 0.517. The molecule has 0 N–H and O–H groups in total. The Morgan fingerprint density at radius 3 is 1.43 bits per heavy atom. The van der Waals surface area contributed by atoms with Crippen LogP contribution in [0.15, 0.2) is 104 Å². The minimum Gasteiger partial charge on any atom is -0.233 e. The first-order valence-corrected chi connectivity index (χ1v) is 12.6. The molecule has 9 heteroatoms. The van der Waals surface area contributed by atoms with E-state index < -0.39 is 0 Å². The fraction of sp³-hybridized carbons (Fsp3) is 0. The van der Waals surface area contributed by atoms with Gasteiger partial charge >= 0.3 is 0 Å². The van der Waals surface area contributed by atoms with Gasteiger partial charge < -0.3 is 0 Å². The third kappa shape index (κ3) is 3.84. The van der Waals surface area contributed by atoms with Crippen LogP contribution in [0.1, 0.15) is 0 Å². The number of nitrogens with zero attached hydrogens (tertiary/aromatic N) is 9. The summed E-state index contributed by atoms with van der Waals surface area (Å²) in [6.07, 6.45) is 2.86. The van der Waals surface area contributed by atoms with E-state index in [-0.39, 0.29) is 0 Å². The topological polar surface area (TPSA) is 116 Å². The molecule has 0 aliphatic rings. The maximum Gasteiger partial charge on any atom is 0.164 e. The van der Waals surface area contributed by atoms with Crippen molar-refractivity contribution < 1.29 is 0 Å². The average molecular weight is 516 g/mol. The molecule has 8 aromatic rings. The van der Waals surface area contributed by atoms with Gasteiger partial charge in [0.25, 0.3) is 0 Å². The summed E-state index contributed by atoms with van der Waals surface area (Å²) in [6, 6.07) is 30.4. The van der Waals surface area contributed by atoms with Crippen LogP contribution in [0.5, 0.6) is 0 Å². The zero-order valence-electron chi connectivity index (χ0n) is 20.8. The molecule has 0 atom stereocenters. The molecule has 0 unspecified atom stereocenters. The zero-order chi connectivity index (χ0) is 26.5. The second-order valence-corrected chi connectivity index (χ2v) is 9.39. The Balaban J connectivity index is 1.33. The lowest BCUT2D eigenvalue weighted by atomic mass is 10.0. The first-order valence-electron chi connectivity index (χ1n) is 12.6. The summed E-state index contributed by atoms with van der Waals surface area (Å²) < 4.78 is 0. The van der Waals surface area contributed by atoms with Crippen LogP contribution in [0.2, 0.25) is 0 Å². The number of hydrogen-bond donors (Lipinski definition) is 0. The van der Waals surface area contributed by atoms with E-state index >= 15 is 0 Å². The highest BCUT2D eigenvalue weighted by Crippen LogP contribution is 2.30. The molecule has 0 aliphatic carbocycles. The van der Waals surface area contributed by atoms with Crippen LogP contribution >= 0.6 is 0 Å². The smallest absolute Gasteiger partial charge is 0.164 e. The lowest BCUT2D eigenvalue weighted by Gasteiger charge is -2.10. The van der Waals surface area contributed by atoms with Gasteiger partial charge in [-0.1, -0.05) is 36.4 Å². The van der Waals surface area contributed by atoms with Gasteiger partial charge in [0.05, 0.1) is 11.0 Å². The second-order valence-electron chi connectivity index (χ2n) is 9.39. The Labute approximate surface area is 226 Å². The highest BCUT2D eigenvalue weighted by atomic mass is 15.1. The molecule has 0 radical (unpaired) electrons. The Morgan fingerprint density at radius 1 is 0.375 bits per heavy atom. The average Bonchev–Trinajstić information content (AvgIpc) is 3.02. The highest BCUT2D eigenvalue weighted by Gasteiger charge is 2.14. The molecular weight excluding hydrogens is 498 g/mol. The van der Waals surface area contributed by atoms with Gasteiger partial charge in [-0.2, -0.15) is 0 Å². The van der Waals surface area contributed by atoms with E-state index in [0.29, 0.717) is 28.5 Å². The first kappa shape index (κ1) is 22.2. The molecule has 40 heavy (non-hydrogen) atoms. The van der Waals surface area contributed by atoms with Crippen LogP contribution in [0.3, 0.4) is 0 Å². The molecule has 3 aromatic heterocycles. The molecule has 3 heterocycles. The van der Waals surface area contributed by atoms with Gasteiger partial charge in [-0.15, -0.1) is 20.4 Å². The molecule has 9 nitrogen and oxygen atoms in total. The van der Waals surface area contributed by atoms with Crippen LogP contribution in [-0.4, -0.2) is 45.3 Å². The number of hydrogen-bond acceptors (Lipinski definition) is 9. The highest BCUT2D eigenvalue weighted by molar-refractivity contribution is 5.99. The zero-order valence-corrected chi connectivity index (χ0v) is 20.8. The van der Waals surface area contributed by atoms with E-state index in [1.165, 1.54) is 23.4 Å². The van der Waals surface area contributed by atoms with Gasteiger partial charge in [0.15, 0.2) is 17.5 Å². The Hall–Kier alpha value is -5.83. The maximum absolute atomic E-state index is 4.91. The fourth-order valence-electron chi connectivity index (χ4n) is 4.90. The number of fused-ring (bicyclic) bond motifs is 4. The molecule has 0 amide bonds. The van der Waals surface area contributed by atoms with Crippen molar-refractivity contribution in [3.63, 3.8) is 0 Å². The summed E-state index contributed by atoms with van der Waals surface area (Å²) in [5.41, 5.74) is 5.27. The van der Waals surface area contributed by atoms with Gasteiger partial charge in [-0.3, -0.25) is 0 Å². The van der Waals surface area contributed by atoms with E-state index in [2.05, 4.69) is 78.9 Å². The molecule has 186 valence electrons. The summed E-state index contributed by atoms with van der Waals surface area (Å²) in [7, 11) is 0. The molecule has 8 rings (SSSR count). The monoisotopic (exact) mass is 515 g/mol. The van der Waals surface area contributed by atoms with Gasteiger partial charge in [-0.05, 0) is 76.1 Å². The van der Waals surface area contributed by atoms with Crippen molar-refractivity contribution in [1.82, 2.24) is 45.3 Å². The van der Waals surface area contributed by atoms with E-state index in [1.807, 2.05) is 42.5 Å². The Morgan fingerprint density at radius 2 is 0.850 bits per heavy atom. The largest absolute Gasteiger partial charge is 0.233 e. The SMILES string of the molecule is c1ccc2cc3cc(-c4nc(-c5ccc6ncnnc6c5)nc(-c5ccc6ncnnc6c5)n4)ccc3cc2c1. The minimum atomic E-state index is 0.517. The van der Waals surface area contributed by atoms with Gasteiger partial charge in [0, 0.05) is 16.7 Å². The fourth-order valence-corrected chi connectivity index (χ4v) is 4.90. The van der Waals surface area contributed by atoms with E-state index in [1.54, 1.807) is 0 Å². The van der Waals surface area contributed by atoms with Crippen molar-refractivity contribution in [2.75, 3.05) is 0 Å². The Bertz CT molecular complexity index is 2150. The summed E-state index contributed by atoms with van der Waals surface area (Å²) in [5, 5.41) is 20.9. The van der Waals surface area contributed by atoms with Crippen LogP contribution in [0, 0.1) is 0 Å². The molecule has 0 aliphatic heterocycles.